The molecule has 140 valence electrons. The number of anilines is 2. The van der Waals surface area contributed by atoms with Crippen molar-refractivity contribution in [1.29, 1.82) is 0 Å². The van der Waals surface area contributed by atoms with E-state index in [4.69, 9.17) is 16.0 Å². The largest absolute Gasteiger partial charge is 0.423 e. The number of oxazole rings is 1. The van der Waals surface area contributed by atoms with Crippen LogP contribution < -0.4 is 10.2 Å². The lowest BCUT2D eigenvalue weighted by molar-refractivity contribution is 0.207. The highest BCUT2D eigenvalue weighted by atomic mass is 35.5. The molecule has 27 heavy (non-hydrogen) atoms. The maximum absolute atomic E-state index is 13.3. The number of piperazine rings is 1. The van der Waals surface area contributed by atoms with Gasteiger partial charge in [-0.25, -0.2) is 9.18 Å². The Bertz CT molecular complexity index is 999. The van der Waals surface area contributed by atoms with Crippen molar-refractivity contribution in [3.63, 3.8) is 0 Å². The summed E-state index contributed by atoms with van der Waals surface area (Å²) in [6, 6.07) is 9.96. The number of hydrogen-bond donors (Lipinski definition) is 1. The number of aromatic nitrogens is 1. The molecule has 3 aromatic rings. The van der Waals surface area contributed by atoms with Gasteiger partial charge in [0.05, 0.1) is 0 Å². The molecular weight excluding hydrogens is 371 g/mol. The zero-order valence-corrected chi connectivity index (χ0v) is 15.5. The normalized spacial score (nSPS) is 14.6. The number of nitrogens with one attached hydrogen (secondary N) is 1. The third-order valence-corrected chi connectivity index (χ3v) is 5.01. The van der Waals surface area contributed by atoms with Crippen LogP contribution in [0.4, 0.5) is 20.9 Å². The zero-order chi connectivity index (χ0) is 19.0. The van der Waals surface area contributed by atoms with Crippen molar-refractivity contribution >= 4 is 40.4 Å². The number of hydrogen-bond acceptors (Lipinski definition) is 4. The molecule has 4 rings (SSSR count). The van der Waals surface area contributed by atoms with Crippen molar-refractivity contribution in [3.8, 4) is 0 Å². The van der Waals surface area contributed by atoms with Crippen LogP contribution in [0.25, 0.3) is 11.1 Å². The van der Waals surface area contributed by atoms with Crippen LogP contribution in [0, 0.1) is 12.7 Å². The second kappa shape index (κ2) is 7.08. The van der Waals surface area contributed by atoms with Gasteiger partial charge >= 0.3 is 6.03 Å². The van der Waals surface area contributed by atoms with E-state index in [1.165, 1.54) is 12.1 Å². The van der Waals surface area contributed by atoms with Crippen molar-refractivity contribution in [2.24, 2.45) is 0 Å². The third kappa shape index (κ3) is 3.68. The highest BCUT2D eigenvalue weighted by Crippen LogP contribution is 2.24. The van der Waals surface area contributed by atoms with Gasteiger partial charge in [0.2, 0.25) is 0 Å². The Labute approximate surface area is 160 Å². The van der Waals surface area contributed by atoms with Gasteiger partial charge in [0.1, 0.15) is 11.3 Å². The number of carbonyl (C=O) groups is 1. The molecule has 0 unspecified atom stereocenters. The lowest BCUT2D eigenvalue weighted by Crippen LogP contribution is -2.50. The van der Waals surface area contributed by atoms with Crippen LogP contribution in [0.5, 0.6) is 0 Å². The Kier molecular flexibility index (Phi) is 4.61. The molecule has 0 spiro atoms. The van der Waals surface area contributed by atoms with E-state index in [-0.39, 0.29) is 11.8 Å². The van der Waals surface area contributed by atoms with Crippen molar-refractivity contribution in [1.82, 2.24) is 9.88 Å². The van der Waals surface area contributed by atoms with Crippen LogP contribution in [0.2, 0.25) is 5.02 Å². The minimum Gasteiger partial charge on any atom is -0.423 e. The zero-order valence-electron chi connectivity index (χ0n) is 14.7. The minimum atomic E-state index is -0.347. The fraction of sp³-hybridized carbons (Fsp3) is 0.263. The number of urea groups is 1. The van der Waals surface area contributed by atoms with Crippen molar-refractivity contribution in [3.05, 3.63) is 52.8 Å². The average Bonchev–Trinajstić information content (AvgIpc) is 3.08. The second-order valence-corrected chi connectivity index (χ2v) is 6.88. The molecule has 1 saturated heterocycles. The van der Waals surface area contributed by atoms with Crippen LogP contribution in [-0.2, 0) is 0 Å². The molecule has 1 aromatic heterocycles. The smallest absolute Gasteiger partial charge is 0.321 e. The fourth-order valence-electron chi connectivity index (χ4n) is 3.00. The monoisotopic (exact) mass is 388 g/mol. The molecule has 2 heterocycles. The summed E-state index contributed by atoms with van der Waals surface area (Å²) >= 11 is 6.10. The molecule has 2 amide bonds. The molecule has 0 bridgehead atoms. The van der Waals surface area contributed by atoms with Gasteiger partial charge in [-0.15, -0.1) is 0 Å². The van der Waals surface area contributed by atoms with Gasteiger partial charge in [0, 0.05) is 43.0 Å². The summed E-state index contributed by atoms with van der Waals surface area (Å²) < 4.78 is 19.0. The molecule has 1 N–H and O–H groups in total. The minimum absolute atomic E-state index is 0.172. The molecule has 2 aromatic carbocycles. The predicted molar refractivity (Wildman–Crippen MR) is 103 cm³/mol. The molecule has 1 aliphatic heterocycles. The summed E-state index contributed by atoms with van der Waals surface area (Å²) in [5.41, 5.74) is 2.66. The molecule has 8 heteroatoms. The first-order valence-corrected chi connectivity index (χ1v) is 9.00. The molecular formula is C19H18ClFN4O2. The van der Waals surface area contributed by atoms with E-state index in [1.807, 2.05) is 24.0 Å². The van der Waals surface area contributed by atoms with E-state index in [9.17, 15) is 9.18 Å². The van der Waals surface area contributed by atoms with Crippen molar-refractivity contribution in [2.75, 3.05) is 36.4 Å². The summed E-state index contributed by atoms with van der Waals surface area (Å²) in [6.45, 7) is 4.12. The van der Waals surface area contributed by atoms with Gasteiger partial charge in [-0.1, -0.05) is 17.7 Å². The van der Waals surface area contributed by atoms with Crippen LogP contribution in [-0.4, -0.2) is 42.1 Å². The quantitative estimate of drug-likeness (QED) is 0.711. The number of benzene rings is 2. The van der Waals surface area contributed by atoms with Crippen LogP contribution in [0.3, 0.4) is 0 Å². The highest BCUT2D eigenvalue weighted by molar-refractivity contribution is 6.31. The number of nitrogens with zero attached hydrogens (tertiary/aromatic N) is 3. The molecule has 0 radical (unpaired) electrons. The Balaban J connectivity index is 1.38. The van der Waals surface area contributed by atoms with E-state index in [0.717, 1.165) is 5.56 Å². The summed E-state index contributed by atoms with van der Waals surface area (Å²) in [4.78, 5) is 20.5. The fourth-order valence-corrected chi connectivity index (χ4v) is 3.18. The van der Waals surface area contributed by atoms with Gasteiger partial charge in [0.15, 0.2) is 5.58 Å². The number of rotatable bonds is 2. The molecule has 1 fully saturated rings. The maximum Gasteiger partial charge on any atom is 0.321 e. The predicted octanol–water partition coefficient (Wildman–Crippen LogP) is 4.28. The van der Waals surface area contributed by atoms with Crippen molar-refractivity contribution in [2.45, 2.75) is 6.92 Å². The number of carbonyl (C=O) groups excluding carboxylic acids is 1. The summed E-state index contributed by atoms with van der Waals surface area (Å²) in [5, 5.41) is 3.48. The van der Waals surface area contributed by atoms with E-state index >= 15 is 0 Å². The van der Waals surface area contributed by atoms with E-state index in [1.54, 1.807) is 17.0 Å². The van der Waals surface area contributed by atoms with Gasteiger partial charge in [-0.3, -0.25) is 0 Å². The van der Waals surface area contributed by atoms with Gasteiger partial charge in [-0.2, -0.15) is 4.98 Å². The van der Waals surface area contributed by atoms with Crippen LogP contribution >= 0.6 is 11.6 Å². The van der Waals surface area contributed by atoms with Crippen LogP contribution in [0.15, 0.2) is 40.8 Å². The first-order chi connectivity index (χ1) is 13.0. The molecule has 0 atom stereocenters. The standard InChI is InChI=1S/C19H18ClFN4O2/c1-12-2-4-14(11-15(12)20)22-18(26)24-6-8-25(9-7-24)19-23-16-10-13(21)3-5-17(16)27-19/h2-5,10-11H,6-9H2,1H3,(H,22,26). The summed E-state index contributed by atoms with van der Waals surface area (Å²) in [6.07, 6.45) is 0. The Morgan fingerprint density at radius 3 is 2.70 bits per heavy atom. The number of aryl methyl sites for hydroxylation is 1. The second-order valence-electron chi connectivity index (χ2n) is 6.48. The van der Waals surface area contributed by atoms with E-state index in [0.29, 0.717) is 54.0 Å². The molecule has 6 nitrogen and oxygen atoms in total. The van der Waals surface area contributed by atoms with E-state index < -0.39 is 0 Å². The molecule has 0 aliphatic carbocycles. The van der Waals surface area contributed by atoms with Crippen LogP contribution in [0.1, 0.15) is 5.56 Å². The Morgan fingerprint density at radius 2 is 1.96 bits per heavy atom. The van der Waals surface area contributed by atoms with Crippen molar-refractivity contribution < 1.29 is 13.6 Å². The first-order valence-electron chi connectivity index (χ1n) is 8.63. The van der Waals surface area contributed by atoms with Gasteiger partial charge in [0.25, 0.3) is 6.01 Å². The number of fused-ring (bicyclic) bond motifs is 1. The lowest BCUT2D eigenvalue weighted by atomic mass is 10.2. The average molecular weight is 389 g/mol. The topological polar surface area (TPSA) is 61.6 Å². The molecule has 1 aliphatic rings. The van der Waals surface area contributed by atoms with E-state index in [2.05, 4.69) is 10.3 Å². The Morgan fingerprint density at radius 1 is 1.19 bits per heavy atom. The Hall–Kier alpha value is -2.80. The van der Waals surface area contributed by atoms with Gasteiger partial charge in [-0.05, 0) is 36.8 Å². The summed E-state index contributed by atoms with van der Waals surface area (Å²) in [7, 11) is 0. The SMILES string of the molecule is Cc1ccc(NC(=O)N2CCN(c3nc4cc(F)ccc4o3)CC2)cc1Cl. The summed E-state index contributed by atoms with van der Waals surface area (Å²) in [5.74, 6) is -0.347. The third-order valence-electron chi connectivity index (χ3n) is 4.60. The number of halogens is 2. The van der Waals surface area contributed by atoms with Gasteiger partial charge < -0.3 is 19.5 Å². The number of amides is 2. The molecule has 0 saturated carbocycles. The lowest BCUT2D eigenvalue weighted by Gasteiger charge is -2.33. The first kappa shape index (κ1) is 17.6. The highest BCUT2D eigenvalue weighted by Gasteiger charge is 2.24. The maximum atomic E-state index is 13.3.